The van der Waals surface area contributed by atoms with E-state index in [0.717, 1.165) is 12.8 Å². The van der Waals surface area contributed by atoms with Gasteiger partial charge in [0.15, 0.2) is 0 Å². The van der Waals surface area contributed by atoms with Crippen LogP contribution in [0.3, 0.4) is 0 Å². The summed E-state index contributed by atoms with van der Waals surface area (Å²) in [4.78, 5) is 16.3. The van der Waals surface area contributed by atoms with Crippen LogP contribution in [-0.4, -0.2) is 36.2 Å². The number of nitrogens with zero attached hydrogens (tertiary/aromatic N) is 1. The number of ether oxygens (including phenoxy) is 1. The first-order chi connectivity index (χ1) is 12.2. The Labute approximate surface area is 148 Å². The highest BCUT2D eigenvalue weighted by molar-refractivity contribution is 5.94. The molecule has 0 unspecified atom stereocenters. The van der Waals surface area contributed by atoms with Gasteiger partial charge in [-0.25, -0.2) is 0 Å². The zero-order valence-corrected chi connectivity index (χ0v) is 14.6. The third-order valence-electron chi connectivity index (χ3n) is 4.80. The fraction of sp³-hybridized carbons (Fsp3) is 0.400. The molecule has 0 bridgehead atoms. The summed E-state index contributed by atoms with van der Waals surface area (Å²) in [6, 6.07) is 14.0. The average molecular weight is 339 g/mol. The van der Waals surface area contributed by atoms with E-state index in [-0.39, 0.29) is 17.5 Å². The van der Waals surface area contributed by atoms with Crippen LogP contribution in [0.25, 0.3) is 0 Å². The van der Waals surface area contributed by atoms with Crippen molar-refractivity contribution in [2.75, 3.05) is 19.8 Å². The molecule has 1 fully saturated rings. The first kappa shape index (κ1) is 17.6. The van der Waals surface area contributed by atoms with Gasteiger partial charge in [0.05, 0.1) is 0 Å². The molecular weight excluding hydrogens is 314 g/mol. The largest absolute Gasteiger partial charge is 0.381 e. The fourth-order valence-corrected chi connectivity index (χ4v) is 3.27. The van der Waals surface area contributed by atoms with Crippen molar-refractivity contribution in [1.82, 2.24) is 15.6 Å². The standard InChI is InChI=1S/C20H25N3O2/c1-16(17-5-3-2-4-6-17)23-20(9-13-25-14-10-20)15-22-19(24)18-7-11-21-12-8-18/h2-8,11-12,16,23H,9-10,13-15H2,1H3,(H,22,24)/t16-/m0/s1. The Morgan fingerprint density at radius 1 is 1.16 bits per heavy atom. The second-order valence-corrected chi connectivity index (χ2v) is 6.59. The lowest BCUT2D eigenvalue weighted by atomic mass is 9.88. The molecule has 0 aliphatic carbocycles. The Bertz CT molecular complexity index is 670. The van der Waals surface area contributed by atoms with E-state index in [1.165, 1.54) is 5.56 Å². The minimum absolute atomic E-state index is 0.0672. The number of nitrogens with one attached hydrogen (secondary N) is 2. The first-order valence-electron chi connectivity index (χ1n) is 8.77. The molecule has 1 atom stereocenters. The van der Waals surface area contributed by atoms with E-state index in [2.05, 4.69) is 46.8 Å². The highest BCUT2D eigenvalue weighted by atomic mass is 16.5. The van der Waals surface area contributed by atoms with Crippen LogP contribution in [0.1, 0.15) is 41.7 Å². The predicted molar refractivity (Wildman–Crippen MR) is 97.3 cm³/mol. The number of carbonyl (C=O) groups is 1. The van der Waals surface area contributed by atoms with E-state index in [1.807, 2.05) is 6.07 Å². The van der Waals surface area contributed by atoms with Crippen molar-refractivity contribution in [3.8, 4) is 0 Å². The highest BCUT2D eigenvalue weighted by Gasteiger charge is 2.34. The monoisotopic (exact) mass is 339 g/mol. The molecule has 0 radical (unpaired) electrons. The normalized spacial score (nSPS) is 17.6. The molecule has 1 aliphatic heterocycles. The minimum atomic E-state index is -0.157. The minimum Gasteiger partial charge on any atom is -0.381 e. The van der Waals surface area contributed by atoms with Gasteiger partial charge in [0, 0.05) is 49.3 Å². The second kappa shape index (κ2) is 8.23. The molecular formula is C20H25N3O2. The lowest BCUT2D eigenvalue weighted by Crippen LogP contribution is -2.57. The summed E-state index contributed by atoms with van der Waals surface area (Å²) >= 11 is 0. The Morgan fingerprint density at radius 3 is 2.52 bits per heavy atom. The molecule has 1 aliphatic rings. The summed E-state index contributed by atoms with van der Waals surface area (Å²) in [5.74, 6) is -0.0672. The summed E-state index contributed by atoms with van der Waals surface area (Å²) in [7, 11) is 0. The number of hydrogen-bond donors (Lipinski definition) is 2. The molecule has 1 aromatic heterocycles. The van der Waals surface area contributed by atoms with Crippen LogP contribution in [0.15, 0.2) is 54.9 Å². The SMILES string of the molecule is C[C@H](NC1(CNC(=O)c2ccncc2)CCOCC1)c1ccccc1. The number of pyridine rings is 1. The van der Waals surface area contributed by atoms with Gasteiger partial charge in [-0.05, 0) is 37.5 Å². The van der Waals surface area contributed by atoms with Crippen LogP contribution in [0.4, 0.5) is 0 Å². The summed E-state index contributed by atoms with van der Waals surface area (Å²) < 4.78 is 5.54. The fourth-order valence-electron chi connectivity index (χ4n) is 3.27. The van der Waals surface area contributed by atoms with Gasteiger partial charge >= 0.3 is 0 Å². The van der Waals surface area contributed by atoms with E-state index >= 15 is 0 Å². The maximum Gasteiger partial charge on any atom is 0.251 e. The lowest BCUT2D eigenvalue weighted by molar-refractivity contribution is 0.0332. The molecule has 0 spiro atoms. The average Bonchev–Trinajstić information content (AvgIpc) is 2.68. The molecule has 3 rings (SSSR count). The van der Waals surface area contributed by atoms with Crippen LogP contribution >= 0.6 is 0 Å². The van der Waals surface area contributed by atoms with E-state index in [1.54, 1.807) is 24.5 Å². The molecule has 0 saturated carbocycles. The number of hydrogen-bond acceptors (Lipinski definition) is 4. The quantitative estimate of drug-likeness (QED) is 0.849. The second-order valence-electron chi connectivity index (χ2n) is 6.59. The smallest absolute Gasteiger partial charge is 0.251 e. The zero-order chi connectivity index (χ0) is 17.5. The van der Waals surface area contributed by atoms with E-state index < -0.39 is 0 Å². The molecule has 5 nitrogen and oxygen atoms in total. The number of carbonyl (C=O) groups excluding carboxylic acids is 1. The Hall–Kier alpha value is -2.24. The van der Waals surface area contributed by atoms with Crippen molar-refractivity contribution in [2.45, 2.75) is 31.3 Å². The van der Waals surface area contributed by atoms with E-state index in [0.29, 0.717) is 25.3 Å². The van der Waals surface area contributed by atoms with Crippen molar-refractivity contribution in [3.05, 3.63) is 66.0 Å². The highest BCUT2D eigenvalue weighted by Crippen LogP contribution is 2.25. The number of amides is 1. The van der Waals surface area contributed by atoms with Crippen molar-refractivity contribution >= 4 is 5.91 Å². The third kappa shape index (κ3) is 4.65. The number of benzene rings is 1. The van der Waals surface area contributed by atoms with Gasteiger partial charge in [0.1, 0.15) is 0 Å². The number of rotatable bonds is 6. The molecule has 1 amide bonds. The van der Waals surface area contributed by atoms with Gasteiger partial charge in [-0.15, -0.1) is 0 Å². The molecule has 1 saturated heterocycles. The van der Waals surface area contributed by atoms with Gasteiger partial charge in [0.25, 0.3) is 5.91 Å². The van der Waals surface area contributed by atoms with Gasteiger partial charge in [-0.3, -0.25) is 9.78 Å². The molecule has 2 heterocycles. The summed E-state index contributed by atoms with van der Waals surface area (Å²) in [6.45, 7) is 4.16. The van der Waals surface area contributed by atoms with E-state index in [9.17, 15) is 4.79 Å². The first-order valence-corrected chi connectivity index (χ1v) is 8.77. The molecule has 1 aromatic carbocycles. The van der Waals surface area contributed by atoms with Gasteiger partial charge in [-0.1, -0.05) is 30.3 Å². The Balaban J connectivity index is 1.67. The summed E-state index contributed by atoms with van der Waals surface area (Å²) in [6.07, 6.45) is 5.02. The molecule has 25 heavy (non-hydrogen) atoms. The lowest BCUT2D eigenvalue weighted by Gasteiger charge is -2.40. The van der Waals surface area contributed by atoms with Gasteiger partial charge in [-0.2, -0.15) is 0 Å². The van der Waals surface area contributed by atoms with Crippen molar-refractivity contribution < 1.29 is 9.53 Å². The van der Waals surface area contributed by atoms with Gasteiger partial charge < -0.3 is 15.4 Å². The topological polar surface area (TPSA) is 63.2 Å². The summed E-state index contributed by atoms with van der Waals surface area (Å²) in [5, 5.41) is 6.83. The molecule has 5 heteroatoms. The predicted octanol–water partition coefficient (Wildman–Crippen LogP) is 2.71. The van der Waals surface area contributed by atoms with Crippen LogP contribution in [0.5, 0.6) is 0 Å². The summed E-state index contributed by atoms with van der Waals surface area (Å²) in [5.41, 5.74) is 1.72. The number of aromatic nitrogens is 1. The van der Waals surface area contributed by atoms with Crippen LogP contribution in [0.2, 0.25) is 0 Å². The molecule has 2 aromatic rings. The van der Waals surface area contributed by atoms with E-state index in [4.69, 9.17) is 4.74 Å². The van der Waals surface area contributed by atoms with Crippen LogP contribution in [-0.2, 0) is 4.74 Å². The van der Waals surface area contributed by atoms with Crippen LogP contribution < -0.4 is 10.6 Å². The van der Waals surface area contributed by atoms with Crippen molar-refractivity contribution in [1.29, 1.82) is 0 Å². The Kier molecular flexibility index (Phi) is 5.79. The Morgan fingerprint density at radius 2 is 1.84 bits per heavy atom. The van der Waals surface area contributed by atoms with Gasteiger partial charge in [0.2, 0.25) is 0 Å². The van der Waals surface area contributed by atoms with Crippen molar-refractivity contribution in [3.63, 3.8) is 0 Å². The van der Waals surface area contributed by atoms with Crippen LogP contribution in [0, 0.1) is 0 Å². The third-order valence-corrected chi connectivity index (χ3v) is 4.80. The zero-order valence-electron chi connectivity index (χ0n) is 14.6. The molecule has 132 valence electrons. The maximum atomic E-state index is 12.4. The molecule has 2 N–H and O–H groups in total. The van der Waals surface area contributed by atoms with Crippen molar-refractivity contribution in [2.24, 2.45) is 0 Å². The maximum absolute atomic E-state index is 12.4.